The van der Waals surface area contributed by atoms with Gasteiger partial charge in [0.15, 0.2) is 5.43 Å². The number of hydrogen-bond donors (Lipinski definition) is 2. The lowest BCUT2D eigenvalue weighted by Crippen LogP contribution is -2.15. The molecule has 0 fully saturated rings. The third-order valence-corrected chi connectivity index (χ3v) is 5.35. The number of para-hydroxylation sites is 1. The first kappa shape index (κ1) is 18.3. The fourth-order valence-electron chi connectivity index (χ4n) is 2.95. The molecule has 1 amide bonds. The summed E-state index contributed by atoms with van der Waals surface area (Å²) in [6, 6.07) is 13.3. The van der Waals surface area contributed by atoms with Crippen LogP contribution < -0.4 is 10.7 Å². The number of amides is 1. The summed E-state index contributed by atoms with van der Waals surface area (Å²) < 4.78 is 0. The quantitative estimate of drug-likeness (QED) is 0.707. The highest BCUT2D eigenvalue weighted by molar-refractivity contribution is 7.99. The minimum absolute atomic E-state index is 0.0277. The first-order chi connectivity index (χ1) is 12.5. The number of pyridine rings is 1. The molecule has 0 atom stereocenters. The normalized spacial score (nSPS) is 10.9. The summed E-state index contributed by atoms with van der Waals surface area (Å²) in [5.41, 5.74) is 5.65. The van der Waals surface area contributed by atoms with Gasteiger partial charge in [0.25, 0.3) is 0 Å². The number of aromatic amines is 1. The summed E-state index contributed by atoms with van der Waals surface area (Å²) in [5.74, 6) is 0.875. The predicted molar refractivity (Wildman–Crippen MR) is 110 cm³/mol. The smallest absolute Gasteiger partial charge is 0.234 e. The molecule has 0 aliphatic carbocycles. The Labute approximate surface area is 157 Å². The summed E-state index contributed by atoms with van der Waals surface area (Å²) in [6.07, 6.45) is 0. The number of thioether (sulfide) groups is 1. The van der Waals surface area contributed by atoms with Gasteiger partial charge in [0, 0.05) is 28.6 Å². The van der Waals surface area contributed by atoms with Crippen LogP contribution >= 0.6 is 11.8 Å². The van der Waals surface area contributed by atoms with Crippen molar-refractivity contribution in [3.05, 3.63) is 75.1 Å². The number of aromatic nitrogens is 1. The lowest BCUT2D eigenvalue weighted by Gasteiger charge is -2.10. The van der Waals surface area contributed by atoms with Gasteiger partial charge < -0.3 is 10.3 Å². The maximum Gasteiger partial charge on any atom is 0.234 e. The Balaban J connectivity index is 1.67. The van der Waals surface area contributed by atoms with Crippen molar-refractivity contribution in [1.29, 1.82) is 0 Å². The second kappa shape index (κ2) is 7.79. The van der Waals surface area contributed by atoms with E-state index in [-0.39, 0.29) is 11.3 Å². The van der Waals surface area contributed by atoms with Crippen LogP contribution in [0.4, 0.5) is 5.69 Å². The van der Waals surface area contributed by atoms with Crippen molar-refractivity contribution in [1.82, 2.24) is 4.98 Å². The third-order valence-electron chi connectivity index (χ3n) is 4.37. The highest BCUT2D eigenvalue weighted by Gasteiger charge is 2.09. The molecular formula is C21H22N2O2S. The largest absolute Gasteiger partial charge is 0.357 e. The second-order valence-electron chi connectivity index (χ2n) is 6.46. The monoisotopic (exact) mass is 366 g/mol. The number of rotatable bonds is 5. The molecular weight excluding hydrogens is 344 g/mol. The van der Waals surface area contributed by atoms with Crippen molar-refractivity contribution in [3.63, 3.8) is 0 Å². The molecule has 1 aromatic heterocycles. The van der Waals surface area contributed by atoms with Crippen molar-refractivity contribution in [2.24, 2.45) is 0 Å². The van der Waals surface area contributed by atoms with Crippen LogP contribution in [0.3, 0.4) is 0 Å². The first-order valence-corrected chi connectivity index (χ1v) is 9.66. The standard InChI is InChI=1S/C21H22N2O2S/c1-13-6-4-5-7-17(13)23-19(25)12-26-11-16-10-18(24)20-14(2)8-9-15(3)21(20)22-16/h4-10H,11-12H2,1-3H3,(H,22,24)(H,23,25). The first-order valence-electron chi connectivity index (χ1n) is 8.51. The fraction of sp³-hybridized carbons (Fsp3) is 0.238. The highest BCUT2D eigenvalue weighted by atomic mass is 32.2. The second-order valence-corrected chi connectivity index (χ2v) is 7.45. The van der Waals surface area contributed by atoms with Gasteiger partial charge in [0.05, 0.1) is 11.3 Å². The van der Waals surface area contributed by atoms with Crippen LogP contribution in [0, 0.1) is 20.8 Å². The molecule has 1 heterocycles. The van der Waals surface area contributed by atoms with Crippen LogP contribution in [0.1, 0.15) is 22.4 Å². The molecule has 4 nitrogen and oxygen atoms in total. The molecule has 134 valence electrons. The third kappa shape index (κ3) is 3.99. The summed E-state index contributed by atoms with van der Waals surface area (Å²) in [7, 11) is 0. The number of carbonyl (C=O) groups is 1. The number of nitrogens with one attached hydrogen (secondary N) is 2. The molecule has 26 heavy (non-hydrogen) atoms. The minimum Gasteiger partial charge on any atom is -0.357 e. The Morgan fingerprint density at radius 1 is 1.04 bits per heavy atom. The average molecular weight is 366 g/mol. The van der Waals surface area contributed by atoms with Crippen LogP contribution in [-0.2, 0) is 10.5 Å². The Kier molecular flexibility index (Phi) is 5.47. The minimum atomic E-state index is -0.0422. The Hall–Kier alpha value is -2.53. The molecule has 0 aliphatic heterocycles. The summed E-state index contributed by atoms with van der Waals surface area (Å²) in [4.78, 5) is 27.9. The number of carbonyl (C=O) groups excluding carboxylic acids is 1. The van der Waals surface area contributed by atoms with E-state index in [2.05, 4.69) is 10.3 Å². The zero-order valence-electron chi connectivity index (χ0n) is 15.2. The van der Waals surface area contributed by atoms with Crippen LogP contribution in [0.15, 0.2) is 47.3 Å². The Morgan fingerprint density at radius 2 is 1.77 bits per heavy atom. The molecule has 0 radical (unpaired) electrons. The lowest BCUT2D eigenvalue weighted by molar-refractivity contribution is -0.113. The van der Waals surface area contributed by atoms with E-state index in [1.54, 1.807) is 6.07 Å². The molecule has 3 aromatic rings. The van der Waals surface area contributed by atoms with Gasteiger partial charge in [-0.15, -0.1) is 11.8 Å². The number of H-pyrrole nitrogens is 1. The van der Waals surface area contributed by atoms with Gasteiger partial charge in [-0.1, -0.05) is 30.3 Å². The van der Waals surface area contributed by atoms with Gasteiger partial charge in [-0.25, -0.2) is 0 Å². The Morgan fingerprint density at radius 3 is 2.54 bits per heavy atom. The van der Waals surface area contributed by atoms with Crippen molar-refractivity contribution < 1.29 is 4.79 Å². The Bertz CT molecular complexity index is 1020. The summed E-state index contributed by atoms with van der Waals surface area (Å²) in [5, 5.41) is 3.67. The van der Waals surface area contributed by atoms with Gasteiger partial charge in [-0.3, -0.25) is 9.59 Å². The van der Waals surface area contributed by atoms with E-state index in [1.807, 2.05) is 57.2 Å². The molecule has 3 rings (SSSR count). The van der Waals surface area contributed by atoms with E-state index in [4.69, 9.17) is 0 Å². The topological polar surface area (TPSA) is 62.0 Å². The van der Waals surface area contributed by atoms with E-state index < -0.39 is 0 Å². The molecule has 0 bridgehead atoms. The van der Waals surface area contributed by atoms with E-state index in [9.17, 15) is 9.59 Å². The van der Waals surface area contributed by atoms with E-state index in [0.29, 0.717) is 11.5 Å². The predicted octanol–water partition coefficient (Wildman–Crippen LogP) is 4.33. The summed E-state index contributed by atoms with van der Waals surface area (Å²) in [6.45, 7) is 5.90. The van der Waals surface area contributed by atoms with Crippen molar-refractivity contribution >= 4 is 34.3 Å². The molecule has 5 heteroatoms. The van der Waals surface area contributed by atoms with Crippen LogP contribution in [0.25, 0.3) is 10.9 Å². The van der Waals surface area contributed by atoms with Gasteiger partial charge in [0.2, 0.25) is 5.91 Å². The fourth-order valence-corrected chi connectivity index (χ4v) is 3.68. The maximum atomic E-state index is 12.4. The van der Waals surface area contributed by atoms with E-state index in [1.165, 1.54) is 11.8 Å². The maximum absolute atomic E-state index is 12.4. The van der Waals surface area contributed by atoms with Crippen molar-refractivity contribution in [2.75, 3.05) is 11.1 Å². The molecule has 0 spiro atoms. The molecule has 0 unspecified atom stereocenters. The van der Waals surface area contributed by atoms with Crippen molar-refractivity contribution in [2.45, 2.75) is 26.5 Å². The van der Waals surface area contributed by atoms with Crippen molar-refractivity contribution in [3.8, 4) is 0 Å². The zero-order valence-corrected chi connectivity index (χ0v) is 16.0. The molecule has 2 aromatic carbocycles. The van der Waals surface area contributed by atoms with Crippen LogP contribution in [0.5, 0.6) is 0 Å². The highest BCUT2D eigenvalue weighted by Crippen LogP contribution is 2.19. The van der Waals surface area contributed by atoms with Gasteiger partial charge in [-0.05, 0) is 43.5 Å². The number of hydrogen-bond acceptors (Lipinski definition) is 3. The molecule has 0 aliphatic rings. The number of aryl methyl sites for hydroxylation is 3. The average Bonchev–Trinajstić information content (AvgIpc) is 2.60. The lowest BCUT2D eigenvalue weighted by atomic mass is 10.0. The molecule has 2 N–H and O–H groups in total. The molecule has 0 saturated heterocycles. The number of benzene rings is 2. The zero-order chi connectivity index (χ0) is 18.7. The van der Waals surface area contributed by atoms with Gasteiger partial charge >= 0.3 is 0 Å². The number of fused-ring (bicyclic) bond motifs is 1. The van der Waals surface area contributed by atoms with E-state index in [0.717, 1.165) is 39.0 Å². The van der Waals surface area contributed by atoms with Gasteiger partial charge in [-0.2, -0.15) is 0 Å². The molecule has 0 saturated carbocycles. The number of anilines is 1. The van der Waals surface area contributed by atoms with Crippen LogP contribution in [0.2, 0.25) is 0 Å². The summed E-state index contributed by atoms with van der Waals surface area (Å²) >= 11 is 1.48. The van der Waals surface area contributed by atoms with Gasteiger partial charge in [0.1, 0.15) is 0 Å². The van der Waals surface area contributed by atoms with E-state index >= 15 is 0 Å². The van der Waals surface area contributed by atoms with Crippen LogP contribution in [-0.4, -0.2) is 16.6 Å². The SMILES string of the molecule is Cc1ccccc1NC(=O)CSCc1cc(=O)c2c(C)ccc(C)c2[nH]1.